The van der Waals surface area contributed by atoms with Gasteiger partial charge in [0.25, 0.3) is 0 Å². The van der Waals surface area contributed by atoms with Crippen LogP contribution >= 0.6 is 27.7 Å². The summed E-state index contributed by atoms with van der Waals surface area (Å²) in [6, 6.07) is 2.10. The van der Waals surface area contributed by atoms with Crippen LogP contribution in [0.1, 0.15) is 18.4 Å². The first-order valence-electron chi connectivity index (χ1n) is 7.89. The summed E-state index contributed by atoms with van der Waals surface area (Å²) in [5, 5.41) is 0. The van der Waals surface area contributed by atoms with Crippen molar-refractivity contribution in [3.8, 4) is 0 Å². The van der Waals surface area contributed by atoms with Crippen molar-refractivity contribution in [2.45, 2.75) is 19.8 Å². The monoisotopic (exact) mass is 383 g/mol. The van der Waals surface area contributed by atoms with Crippen molar-refractivity contribution >= 4 is 39.4 Å². The summed E-state index contributed by atoms with van der Waals surface area (Å²) in [7, 11) is 0. The van der Waals surface area contributed by atoms with Crippen molar-refractivity contribution in [2.75, 3.05) is 42.6 Å². The smallest absolute Gasteiger partial charge is 0.225 e. The van der Waals surface area contributed by atoms with E-state index in [2.05, 4.69) is 43.7 Å². The average molecular weight is 384 g/mol. The molecule has 0 aromatic carbocycles. The number of piperidine rings is 1. The fraction of sp³-hybridized carbons (Fsp3) is 0.625. The summed E-state index contributed by atoms with van der Waals surface area (Å²) in [6.07, 6.45) is 3.74. The number of carbonyl (C=O) groups is 1. The van der Waals surface area contributed by atoms with Gasteiger partial charge in [-0.3, -0.25) is 4.79 Å². The van der Waals surface area contributed by atoms with Gasteiger partial charge in [-0.05, 0) is 47.3 Å². The van der Waals surface area contributed by atoms with Gasteiger partial charge in [0.15, 0.2) is 0 Å². The van der Waals surface area contributed by atoms with E-state index in [1.165, 1.54) is 5.56 Å². The second kappa shape index (κ2) is 7.21. The molecule has 2 aliphatic rings. The topological polar surface area (TPSA) is 36.4 Å². The molecule has 3 rings (SSSR count). The second-order valence-corrected chi connectivity index (χ2v) is 8.13. The van der Waals surface area contributed by atoms with Gasteiger partial charge in [-0.1, -0.05) is 0 Å². The van der Waals surface area contributed by atoms with Crippen LogP contribution in [0.5, 0.6) is 0 Å². The first-order chi connectivity index (χ1) is 10.6. The molecule has 0 aliphatic carbocycles. The molecule has 2 aliphatic heterocycles. The van der Waals surface area contributed by atoms with E-state index in [0.717, 1.165) is 60.8 Å². The molecule has 0 spiro atoms. The quantitative estimate of drug-likeness (QED) is 0.786. The van der Waals surface area contributed by atoms with Crippen LogP contribution in [-0.4, -0.2) is 53.5 Å². The lowest BCUT2D eigenvalue weighted by atomic mass is 9.95. The number of halogens is 1. The maximum atomic E-state index is 12.6. The van der Waals surface area contributed by atoms with Crippen LogP contribution in [-0.2, 0) is 4.79 Å². The zero-order valence-electron chi connectivity index (χ0n) is 12.9. The minimum absolute atomic E-state index is 0.204. The summed E-state index contributed by atoms with van der Waals surface area (Å²) in [5.41, 5.74) is 1.19. The highest BCUT2D eigenvalue weighted by Crippen LogP contribution is 2.27. The van der Waals surface area contributed by atoms with E-state index in [0.29, 0.717) is 5.91 Å². The maximum Gasteiger partial charge on any atom is 0.225 e. The van der Waals surface area contributed by atoms with E-state index in [9.17, 15) is 4.79 Å². The summed E-state index contributed by atoms with van der Waals surface area (Å²) in [5.74, 6) is 3.82. The molecule has 2 saturated heterocycles. The molecule has 1 amide bonds. The van der Waals surface area contributed by atoms with Crippen LogP contribution in [0.2, 0.25) is 0 Å². The molecule has 120 valence electrons. The normalized spacial score (nSPS) is 20.3. The zero-order chi connectivity index (χ0) is 15.5. The standard InChI is InChI=1S/C16H22BrN3OS/c1-12-10-14(17)11-18-15(12)19-4-2-13(3-5-19)16(21)20-6-8-22-9-7-20/h10-11,13H,2-9H2,1H3. The van der Waals surface area contributed by atoms with Gasteiger partial charge in [0.05, 0.1) is 0 Å². The Kier molecular flexibility index (Phi) is 5.29. The van der Waals surface area contributed by atoms with Crippen LogP contribution in [0.25, 0.3) is 0 Å². The van der Waals surface area contributed by atoms with E-state index in [1.807, 2.05) is 18.0 Å². The molecule has 0 unspecified atom stereocenters. The molecular formula is C16H22BrN3OS. The Morgan fingerprint density at radius 1 is 1.27 bits per heavy atom. The number of carbonyl (C=O) groups excluding carboxylic acids is 1. The van der Waals surface area contributed by atoms with E-state index >= 15 is 0 Å². The molecule has 22 heavy (non-hydrogen) atoms. The molecule has 0 bridgehead atoms. The van der Waals surface area contributed by atoms with E-state index in [1.54, 1.807) is 0 Å². The molecule has 0 atom stereocenters. The van der Waals surface area contributed by atoms with Gasteiger partial charge < -0.3 is 9.80 Å². The van der Waals surface area contributed by atoms with Crippen molar-refractivity contribution in [1.82, 2.24) is 9.88 Å². The third-order valence-electron chi connectivity index (χ3n) is 4.48. The van der Waals surface area contributed by atoms with Crippen molar-refractivity contribution < 1.29 is 4.79 Å². The molecule has 3 heterocycles. The van der Waals surface area contributed by atoms with E-state index in [4.69, 9.17) is 0 Å². The van der Waals surface area contributed by atoms with E-state index in [-0.39, 0.29) is 5.92 Å². The molecule has 1 aromatic rings. The Hall–Kier alpha value is -0.750. The van der Waals surface area contributed by atoms with Gasteiger partial charge in [-0.2, -0.15) is 11.8 Å². The Morgan fingerprint density at radius 3 is 2.59 bits per heavy atom. The molecule has 6 heteroatoms. The number of rotatable bonds is 2. The number of anilines is 1. The SMILES string of the molecule is Cc1cc(Br)cnc1N1CCC(C(=O)N2CCSCC2)CC1. The van der Waals surface area contributed by atoms with Crippen LogP contribution in [0, 0.1) is 12.8 Å². The predicted octanol–water partition coefficient (Wildman–Crippen LogP) is 2.94. The fourth-order valence-corrected chi connectivity index (χ4v) is 4.59. The number of aryl methyl sites for hydroxylation is 1. The van der Waals surface area contributed by atoms with Gasteiger partial charge in [0, 0.05) is 54.3 Å². The first-order valence-corrected chi connectivity index (χ1v) is 9.83. The molecule has 0 N–H and O–H groups in total. The predicted molar refractivity (Wildman–Crippen MR) is 95.5 cm³/mol. The average Bonchev–Trinajstić information content (AvgIpc) is 2.55. The van der Waals surface area contributed by atoms with Crippen LogP contribution < -0.4 is 4.90 Å². The number of hydrogen-bond acceptors (Lipinski definition) is 4. The lowest BCUT2D eigenvalue weighted by Gasteiger charge is -2.36. The third-order valence-corrected chi connectivity index (χ3v) is 5.86. The summed E-state index contributed by atoms with van der Waals surface area (Å²) in [4.78, 5) is 21.5. The number of nitrogens with zero attached hydrogens (tertiary/aromatic N) is 3. The fourth-order valence-electron chi connectivity index (χ4n) is 3.24. The van der Waals surface area contributed by atoms with Gasteiger partial charge >= 0.3 is 0 Å². The number of thioether (sulfide) groups is 1. The highest BCUT2D eigenvalue weighted by molar-refractivity contribution is 9.10. The lowest BCUT2D eigenvalue weighted by Crippen LogP contribution is -2.45. The summed E-state index contributed by atoms with van der Waals surface area (Å²) in [6.45, 7) is 5.80. The second-order valence-electron chi connectivity index (χ2n) is 5.99. The minimum atomic E-state index is 0.204. The van der Waals surface area contributed by atoms with Crippen molar-refractivity contribution in [1.29, 1.82) is 0 Å². The Morgan fingerprint density at radius 2 is 1.95 bits per heavy atom. The van der Waals surface area contributed by atoms with Crippen LogP contribution in [0.3, 0.4) is 0 Å². The van der Waals surface area contributed by atoms with Crippen molar-refractivity contribution in [2.24, 2.45) is 5.92 Å². The van der Waals surface area contributed by atoms with Gasteiger partial charge in [-0.25, -0.2) is 4.98 Å². The molecular weight excluding hydrogens is 362 g/mol. The molecule has 0 saturated carbocycles. The summed E-state index contributed by atoms with van der Waals surface area (Å²) < 4.78 is 1.02. The van der Waals surface area contributed by atoms with Crippen LogP contribution in [0.15, 0.2) is 16.7 Å². The van der Waals surface area contributed by atoms with Crippen molar-refractivity contribution in [3.63, 3.8) is 0 Å². The largest absolute Gasteiger partial charge is 0.356 e. The van der Waals surface area contributed by atoms with Gasteiger partial charge in [-0.15, -0.1) is 0 Å². The zero-order valence-corrected chi connectivity index (χ0v) is 15.3. The Labute approximate surface area is 144 Å². The maximum absolute atomic E-state index is 12.6. The van der Waals surface area contributed by atoms with Crippen molar-refractivity contribution in [3.05, 3.63) is 22.3 Å². The van der Waals surface area contributed by atoms with E-state index < -0.39 is 0 Å². The molecule has 2 fully saturated rings. The molecule has 4 nitrogen and oxygen atoms in total. The highest BCUT2D eigenvalue weighted by Gasteiger charge is 2.30. The summed E-state index contributed by atoms with van der Waals surface area (Å²) >= 11 is 5.41. The molecule has 0 radical (unpaired) electrons. The highest BCUT2D eigenvalue weighted by atomic mass is 79.9. The van der Waals surface area contributed by atoms with Crippen LogP contribution in [0.4, 0.5) is 5.82 Å². The Bertz CT molecular complexity index is 540. The minimum Gasteiger partial charge on any atom is -0.356 e. The third kappa shape index (κ3) is 3.59. The number of aromatic nitrogens is 1. The lowest BCUT2D eigenvalue weighted by molar-refractivity contribution is -0.135. The number of amides is 1. The first kappa shape index (κ1) is 16.1. The Balaban J connectivity index is 1.59. The molecule has 1 aromatic heterocycles. The van der Waals surface area contributed by atoms with Gasteiger partial charge in [0.2, 0.25) is 5.91 Å². The number of hydrogen-bond donors (Lipinski definition) is 0. The van der Waals surface area contributed by atoms with Gasteiger partial charge in [0.1, 0.15) is 5.82 Å². The number of pyridine rings is 1.